The van der Waals surface area contributed by atoms with Crippen molar-refractivity contribution in [3.8, 4) is 33.6 Å². The molecule has 2 heterocycles. The molecule has 0 saturated heterocycles. The quantitative estimate of drug-likeness (QED) is 0.213. The van der Waals surface area contributed by atoms with Crippen LogP contribution in [0.15, 0.2) is 127 Å². The summed E-state index contributed by atoms with van der Waals surface area (Å²) in [4.78, 5) is 5.18. The Kier molecular flexibility index (Phi) is 6.07. The highest BCUT2D eigenvalue weighted by Crippen LogP contribution is 2.37. The first-order valence-electron chi connectivity index (χ1n) is 13.4. The molecule has 0 aliphatic carbocycles. The molecule has 0 aliphatic heterocycles. The number of thiophene rings is 1. The molecular formula is C36H28N2S. The van der Waals surface area contributed by atoms with Gasteiger partial charge in [-0.25, -0.2) is 4.98 Å². The number of aryl methyl sites for hydroxylation is 2. The van der Waals surface area contributed by atoms with Crippen molar-refractivity contribution in [3.05, 3.63) is 138 Å². The summed E-state index contributed by atoms with van der Waals surface area (Å²) < 4.78 is 3.73. The highest BCUT2D eigenvalue weighted by Gasteiger charge is 2.18. The normalized spacial score (nSPS) is 11.4. The van der Waals surface area contributed by atoms with E-state index in [0.717, 1.165) is 24.3 Å². The van der Waals surface area contributed by atoms with Crippen molar-refractivity contribution in [1.82, 2.24) is 9.55 Å². The van der Waals surface area contributed by atoms with Crippen molar-refractivity contribution in [2.45, 2.75) is 19.9 Å². The number of hydrogen-bond donors (Lipinski definition) is 0. The van der Waals surface area contributed by atoms with E-state index in [2.05, 4.69) is 138 Å². The van der Waals surface area contributed by atoms with Crippen LogP contribution in [0.2, 0.25) is 0 Å². The molecule has 3 heteroatoms. The van der Waals surface area contributed by atoms with Gasteiger partial charge in [0.05, 0.1) is 11.0 Å². The Bertz CT molecular complexity index is 1860. The zero-order valence-corrected chi connectivity index (χ0v) is 22.7. The number of para-hydroxylation sites is 2. The van der Waals surface area contributed by atoms with Crippen molar-refractivity contribution in [2.75, 3.05) is 0 Å². The van der Waals surface area contributed by atoms with Crippen LogP contribution in [-0.2, 0) is 13.0 Å². The Morgan fingerprint density at radius 2 is 1.33 bits per heavy atom. The average molecular weight is 521 g/mol. The second-order valence-electron chi connectivity index (χ2n) is 10.0. The van der Waals surface area contributed by atoms with Crippen LogP contribution in [0.5, 0.6) is 0 Å². The van der Waals surface area contributed by atoms with Gasteiger partial charge in [-0.2, -0.15) is 0 Å². The van der Waals surface area contributed by atoms with E-state index < -0.39 is 0 Å². The summed E-state index contributed by atoms with van der Waals surface area (Å²) in [5, 5.41) is 3.56. The van der Waals surface area contributed by atoms with Crippen LogP contribution in [0.25, 0.3) is 54.8 Å². The second kappa shape index (κ2) is 10.0. The van der Waals surface area contributed by atoms with Crippen LogP contribution in [0.3, 0.4) is 0 Å². The minimum absolute atomic E-state index is 0.836. The van der Waals surface area contributed by atoms with Crippen molar-refractivity contribution in [2.24, 2.45) is 0 Å². The third kappa shape index (κ3) is 4.35. The number of benzene rings is 5. The monoisotopic (exact) mass is 520 g/mol. The lowest BCUT2D eigenvalue weighted by Crippen LogP contribution is -2.06. The van der Waals surface area contributed by atoms with Gasteiger partial charge in [-0.1, -0.05) is 103 Å². The summed E-state index contributed by atoms with van der Waals surface area (Å²) in [5.74, 6) is 1.05. The van der Waals surface area contributed by atoms with E-state index in [4.69, 9.17) is 4.98 Å². The molecule has 5 aromatic carbocycles. The van der Waals surface area contributed by atoms with Crippen molar-refractivity contribution in [1.29, 1.82) is 0 Å². The summed E-state index contributed by atoms with van der Waals surface area (Å²) in [7, 11) is 0. The van der Waals surface area contributed by atoms with Gasteiger partial charge in [-0.3, -0.25) is 0 Å². The van der Waals surface area contributed by atoms with Gasteiger partial charge in [0.1, 0.15) is 5.82 Å². The largest absolute Gasteiger partial charge is 0.324 e. The highest BCUT2D eigenvalue weighted by molar-refractivity contribution is 7.17. The molecule has 2 aromatic heterocycles. The van der Waals surface area contributed by atoms with Gasteiger partial charge in [0.25, 0.3) is 0 Å². The Morgan fingerprint density at radius 1 is 0.667 bits per heavy atom. The third-order valence-electron chi connectivity index (χ3n) is 7.56. The fourth-order valence-electron chi connectivity index (χ4n) is 5.68. The minimum Gasteiger partial charge on any atom is -0.324 e. The van der Waals surface area contributed by atoms with Gasteiger partial charge in [0.15, 0.2) is 0 Å². The van der Waals surface area contributed by atoms with Gasteiger partial charge in [0.2, 0.25) is 0 Å². The zero-order valence-electron chi connectivity index (χ0n) is 21.8. The maximum Gasteiger partial charge on any atom is 0.142 e. The molecule has 39 heavy (non-hydrogen) atoms. The lowest BCUT2D eigenvalue weighted by atomic mass is 9.90. The van der Waals surface area contributed by atoms with Gasteiger partial charge >= 0.3 is 0 Å². The Balaban J connectivity index is 1.38. The Hall–Kier alpha value is -4.47. The SMILES string of the molecule is Cc1ccc2scc(-c3nc4ccccc4n3CCc3c(-c4ccccc4)cccc3-c3ccccc3)c2c1. The smallest absolute Gasteiger partial charge is 0.142 e. The first-order chi connectivity index (χ1) is 19.3. The topological polar surface area (TPSA) is 17.8 Å². The molecule has 7 rings (SSSR count). The first kappa shape index (κ1) is 23.6. The number of imidazole rings is 1. The van der Waals surface area contributed by atoms with Gasteiger partial charge in [-0.15, -0.1) is 11.3 Å². The predicted molar refractivity (Wildman–Crippen MR) is 166 cm³/mol. The lowest BCUT2D eigenvalue weighted by molar-refractivity contribution is 0.725. The fourth-order valence-corrected chi connectivity index (χ4v) is 6.60. The van der Waals surface area contributed by atoms with Crippen LogP contribution < -0.4 is 0 Å². The number of nitrogens with zero attached hydrogens (tertiary/aromatic N) is 2. The van der Waals surface area contributed by atoms with Crippen LogP contribution in [0.4, 0.5) is 0 Å². The van der Waals surface area contributed by atoms with Crippen molar-refractivity contribution in [3.63, 3.8) is 0 Å². The van der Waals surface area contributed by atoms with Gasteiger partial charge in [-0.05, 0) is 65.4 Å². The van der Waals surface area contributed by atoms with E-state index in [1.807, 2.05) is 0 Å². The Labute approximate surface area is 232 Å². The summed E-state index contributed by atoms with van der Waals surface area (Å²) >= 11 is 1.80. The molecule has 0 N–H and O–H groups in total. The van der Waals surface area contributed by atoms with Crippen LogP contribution in [0.1, 0.15) is 11.1 Å². The van der Waals surface area contributed by atoms with E-state index in [1.54, 1.807) is 11.3 Å². The molecule has 7 aromatic rings. The van der Waals surface area contributed by atoms with Crippen LogP contribution in [-0.4, -0.2) is 9.55 Å². The molecule has 0 amide bonds. The van der Waals surface area contributed by atoms with E-state index in [1.165, 1.54) is 54.5 Å². The molecule has 188 valence electrons. The van der Waals surface area contributed by atoms with Crippen LogP contribution in [0, 0.1) is 6.92 Å². The number of aromatic nitrogens is 2. The summed E-state index contributed by atoms with van der Waals surface area (Å²) in [6.45, 7) is 3.00. The standard InChI is InChI=1S/C36H28N2S/c1-25-19-20-35-31(23-25)32(24-39-35)36-37-33-17-8-9-18-34(33)38(36)22-21-30-28(26-11-4-2-5-12-26)15-10-16-29(30)27-13-6-3-7-14-27/h2-20,23-24H,21-22H2,1H3. The molecule has 0 spiro atoms. The van der Waals surface area contributed by atoms with Crippen LogP contribution >= 0.6 is 11.3 Å². The van der Waals surface area contributed by atoms with E-state index in [0.29, 0.717) is 0 Å². The summed E-state index contributed by atoms with van der Waals surface area (Å²) in [6, 6.07) is 43.5. The molecule has 0 radical (unpaired) electrons. The Morgan fingerprint density at radius 3 is 2.05 bits per heavy atom. The third-order valence-corrected chi connectivity index (χ3v) is 8.52. The molecule has 2 nitrogen and oxygen atoms in total. The van der Waals surface area contributed by atoms with Crippen molar-refractivity contribution < 1.29 is 0 Å². The highest BCUT2D eigenvalue weighted by atomic mass is 32.1. The van der Waals surface area contributed by atoms with E-state index in [9.17, 15) is 0 Å². The number of hydrogen-bond acceptors (Lipinski definition) is 2. The first-order valence-corrected chi connectivity index (χ1v) is 14.3. The molecule has 0 saturated carbocycles. The maximum atomic E-state index is 5.18. The molecule has 0 unspecified atom stereocenters. The van der Waals surface area contributed by atoms with Crippen molar-refractivity contribution >= 4 is 32.5 Å². The minimum atomic E-state index is 0.836. The molecule has 0 atom stereocenters. The fraction of sp³-hybridized carbons (Fsp3) is 0.0833. The number of fused-ring (bicyclic) bond motifs is 2. The van der Waals surface area contributed by atoms with E-state index >= 15 is 0 Å². The lowest BCUT2D eigenvalue weighted by Gasteiger charge is -2.17. The molecular weight excluding hydrogens is 492 g/mol. The zero-order chi connectivity index (χ0) is 26.2. The van der Waals surface area contributed by atoms with Gasteiger partial charge < -0.3 is 4.57 Å². The molecule has 0 bridgehead atoms. The molecule has 0 aliphatic rings. The maximum absolute atomic E-state index is 5.18. The van der Waals surface area contributed by atoms with E-state index in [-0.39, 0.29) is 0 Å². The molecule has 0 fully saturated rings. The average Bonchev–Trinajstić information content (AvgIpc) is 3.57. The predicted octanol–water partition coefficient (Wildman–Crippen LogP) is 9.80. The number of rotatable bonds is 6. The second-order valence-corrected chi connectivity index (χ2v) is 10.9. The van der Waals surface area contributed by atoms with Gasteiger partial charge in [0, 0.05) is 27.6 Å². The summed E-state index contributed by atoms with van der Waals surface area (Å²) in [5.41, 5.74) is 11.2. The summed E-state index contributed by atoms with van der Waals surface area (Å²) in [6.07, 6.45) is 0.893.